The highest BCUT2D eigenvalue weighted by Crippen LogP contribution is 2.47. The monoisotopic (exact) mass is 638 g/mol. The Bertz CT molecular complexity index is 1330. The van der Waals surface area contributed by atoms with Crippen LogP contribution < -0.4 is 5.56 Å². The number of hydrogen-bond donors (Lipinski definition) is 1. The van der Waals surface area contributed by atoms with Crippen LogP contribution in [0.3, 0.4) is 0 Å². The van der Waals surface area contributed by atoms with Gasteiger partial charge < -0.3 is 23.0 Å². The molecule has 42 heavy (non-hydrogen) atoms. The van der Waals surface area contributed by atoms with E-state index in [0.29, 0.717) is 12.9 Å². The van der Waals surface area contributed by atoms with E-state index >= 15 is 0 Å². The van der Waals surface area contributed by atoms with Crippen LogP contribution in [-0.2, 0) is 18.0 Å². The zero-order valence-corrected chi connectivity index (χ0v) is 31.5. The van der Waals surface area contributed by atoms with Gasteiger partial charge in [-0.25, -0.2) is 9.97 Å². The van der Waals surface area contributed by atoms with Crippen LogP contribution in [0.4, 0.5) is 0 Å². The van der Waals surface area contributed by atoms with Gasteiger partial charge in [-0.05, 0) is 54.4 Å². The molecule has 2 aromatic rings. The van der Waals surface area contributed by atoms with Crippen molar-refractivity contribution in [1.29, 1.82) is 0 Å². The molecule has 2 aromatic heterocycles. The first kappa shape index (κ1) is 35.0. The molecule has 0 unspecified atom stereocenters. The molecule has 238 valence electrons. The number of rotatable bonds is 9. The van der Waals surface area contributed by atoms with Gasteiger partial charge in [0, 0.05) is 0 Å². The number of aromatic amines is 1. The summed E-state index contributed by atoms with van der Waals surface area (Å²) in [6, 6.07) is 0. The van der Waals surface area contributed by atoms with Gasteiger partial charge in [0.15, 0.2) is 54.5 Å². The maximum Gasteiger partial charge on any atom is 0.278 e. The third-order valence-electron chi connectivity index (χ3n) is 10.0. The highest BCUT2D eigenvalue weighted by Gasteiger charge is 2.55. The number of aromatic nitrogens is 4. The lowest BCUT2D eigenvalue weighted by molar-refractivity contribution is -0.0475. The second kappa shape index (κ2) is 11.5. The minimum absolute atomic E-state index is 0.00795. The standard InChI is InChI=1S/C29H54N4O6Si3/c1-27(2,3)40(10,11)36-17-19-22(38-41(12,13)28(4,5)6)23(39-42(14,15)29(7,8)9)26(37-19)33-20(16-34)32-21-24(33)30-18-31-25(21)35/h16,18-19,22-23,26H,17H2,1-15H3,(H,30,31,35)/t19-,22-,23-,26-/m1/s1. The van der Waals surface area contributed by atoms with E-state index < -0.39 is 55.1 Å². The average molecular weight is 639 g/mol. The predicted molar refractivity (Wildman–Crippen MR) is 175 cm³/mol. The zero-order valence-electron chi connectivity index (χ0n) is 28.5. The van der Waals surface area contributed by atoms with Gasteiger partial charge in [-0.15, -0.1) is 0 Å². The lowest BCUT2D eigenvalue weighted by atomic mass is 10.1. The van der Waals surface area contributed by atoms with Crippen molar-refractivity contribution in [2.45, 2.75) is 141 Å². The minimum Gasteiger partial charge on any atom is -0.414 e. The number of nitrogens with one attached hydrogen (secondary N) is 1. The van der Waals surface area contributed by atoms with Crippen LogP contribution in [0.25, 0.3) is 11.2 Å². The van der Waals surface area contributed by atoms with Crippen LogP contribution in [0.2, 0.25) is 54.4 Å². The normalized spacial score (nSPS) is 23.1. The van der Waals surface area contributed by atoms with Gasteiger partial charge in [0.2, 0.25) is 0 Å². The molecular weight excluding hydrogens is 585 g/mol. The summed E-state index contributed by atoms with van der Waals surface area (Å²) in [5.41, 5.74) is -0.0718. The van der Waals surface area contributed by atoms with Crippen LogP contribution in [0.1, 0.15) is 79.2 Å². The van der Waals surface area contributed by atoms with Crippen LogP contribution in [-0.4, -0.2) is 75.7 Å². The highest BCUT2D eigenvalue weighted by atomic mass is 28.4. The van der Waals surface area contributed by atoms with E-state index in [-0.39, 0.29) is 32.1 Å². The summed E-state index contributed by atoms with van der Waals surface area (Å²) < 4.78 is 29.5. The lowest BCUT2D eigenvalue weighted by Crippen LogP contribution is -2.54. The molecule has 1 N–H and O–H groups in total. The minimum atomic E-state index is -2.40. The van der Waals surface area contributed by atoms with E-state index in [9.17, 15) is 9.59 Å². The Morgan fingerprint density at radius 1 is 0.881 bits per heavy atom. The zero-order chi connectivity index (χ0) is 32.3. The van der Waals surface area contributed by atoms with Crippen LogP contribution >= 0.6 is 0 Å². The Kier molecular flexibility index (Phi) is 9.55. The molecule has 3 heterocycles. The summed E-state index contributed by atoms with van der Waals surface area (Å²) >= 11 is 0. The molecule has 0 aliphatic carbocycles. The summed E-state index contributed by atoms with van der Waals surface area (Å²) in [5, 5.41) is -0.162. The van der Waals surface area contributed by atoms with Crippen molar-refractivity contribution in [3.05, 3.63) is 22.5 Å². The molecular formula is C29H54N4O6Si3. The Balaban J connectivity index is 2.24. The van der Waals surface area contributed by atoms with Gasteiger partial charge in [-0.3, -0.25) is 14.2 Å². The van der Waals surface area contributed by atoms with E-state index in [0.717, 1.165) is 0 Å². The molecule has 1 saturated heterocycles. The average Bonchev–Trinajstić information content (AvgIpc) is 3.34. The number of H-pyrrole nitrogens is 1. The summed E-state index contributed by atoms with van der Waals surface area (Å²) in [6.45, 7) is 33.4. The first-order chi connectivity index (χ1) is 18.8. The van der Waals surface area contributed by atoms with E-state index in [4.69, 9.17) is 18.0 Å². The fraction of sp³-hybridized carbons (Fsp3) is 0.793. The summed E-state index contributed by atoms with van der Waals surface area (Å²) in [5.74, 6) is 0.0556. The number of aldehydes is 1. The fourth-order valence-corrected chi connectivity index (χ4v) is 7.75. The van der Waals surface area contributed by atoms with Crippen molar-refractivity contribution in [2.24, 2.45) is 0 Å². The lowest BCUT2D eigenvalue weighted by Gasteiger charge is -2.44. The Morgan fingerprint density at radius 2 is 1.38 bits per heavy atom. The van der Waals surface area contributed by atoms with Crippen molar-refractivity contribution in [2.75, 3.05) is 6.61 Å². The molecule has 0 saturated carbocycles. The van der Waals surface area contributed by atoms with Gasteiger partial charge in [0.05, 0.1) is 12.9 Å². The number of hydrogen-bond acceptors (Lipinski definition) is 8. The number of carbonyl (C=O) groups excluding carboxylic acids is 1. The topological polar surface area (TPSA) is 118 Å². The Hall–Kier alpha value is -1.49. The molecule has 4 atom stereocenters. The van der Waals surface area contributed by atoms with E-state index in [1.165, 1.54) is 6.33 Å². The smallest absolute Gasteiger partial charge is 0.278 e. The molecule has 1 aliphatic heterocycles. The number of nitrogens with zero attached hydrogens (tertiary/aromatic N) is 3. The molecule has 1 fully saturated rings. The van der Waals surface area contributed by atoms with Crippen molar-refractivity contribution >= 4 is 42.4 Å². The van der Waals surface area contributed by atoms with Crippen molar-refractivity contribution in [1.82, 2.24) is 19.5 Å². The van der Waals surface area contributed by atoms with Crippen molar-refractivity contribution in [3.8, 4) is 0 Å². The molecule has 13 heteroatoms. The molecule has 0 radical (unpaired) electrons. The quantitative estimate of drug-likeness (QED) is 0.240. The first-order valence-electron chi connectivity index (χ1n) is 14.9. The van der Waals surface area contributed by atoms with Crippen molar-refractivity contribution in [3.63, 3.8) is 0 Å². The maximum absolute atomic E-state index is 12.7. The van der Waals surface area contributed by atoms with Crippen LogP contribution in [0.15, 0.2) is 11.1 Å². The Labute approximate surface area is 254 Å². The van der Waals surface area contributed by atoms with Crippen molar-refractivity contribution < 1.29 is 22.8 Å². The number of fused-ring (bicyclic) bond motifs is 1. The van der Waals surface area contributed by atoms with E-state index in [1.807, 2.05) is 0 Å². The first-order valence-corrected chi connectivity index (χ1v) is 23.6. The number of imidazole rings is 1. The molecule has 0 amide bonds. The third kappa shape index (κ3) is 6.76. The van der Waals surface area contributed by atoms with Gasteiger partial charge in [-0.2, -0.15) is 0 Å². The van der Waals surface area contributed by atoms with Gasteiger partial charge in [0.1, 0.15) is 18.3 Å². The third-order valence-corrected chi connectivity index (χ3v) is 23.5. The second-order valence-electron chi connectivity index (χ2n) is 16.2. The maximum atomic E-state index is 12.7. The Morgan fingerprint density at radius 3 is 1.86 bits per heavy atom. The molecule has 3 rings (SSSR count). The van der Waals surface area contributed by atoms with Gasteiger partial charge in [-0.1, -0.05) is 62.3 Å². The molecule has 0 bridgehead atoms. The summed E-state index contributed by atoms with van der Waals surface area (Å²) in [6.07, 6.45) is -0.401. The van der Waals surface area contributed by atoms with Crippen LogP contribution in [0, 0.1) is 0 Å². The van der Waals surface area contributed by atoms with Gasteiger partial charge >= 0.3 is 0 Å². The second-order valence-corrected chi connectivity index (χ2v) is 30.5. The highest BCUT2D eigenvalue weighted by molar-refractivity contribution is 6.75. The van der Waals surface area contributed by atoms with Crippen LogP contribution in [0.5, 0.6) is 0 Å². The van der Waals surface area contributed by atoms with Gasteiger partial charge in [0.25, 0.3) is 5.56 Å². The van der Waals surface area contributed by atoms with E-state index in [2.05, 4.69) is 117 Å². The largest absolute Gasteiger partial charge is 0.414 e. The summed E-state index contributed by atoms with van der Waals surface area (Å²) in [7, 11) is -6.88. The molecule has 10 nitrogen and oxygen atoms in total. The molecule has 0 aromatic carbocycles. The fourth-order valence-electron chi connectivity index (χ4n) is 4.13. The summed E-state index contributed by atoms with van der Waals surface area (Å²) in [4.78, 5) is 36.3. The number of carbonyl (C=O) groups is 1. The number of ether oxygens (including phenoxy) is 1. The molecule has 1 aliphatic rings. The predicted octanol–water partition coefficient (Wildman–Crippen LogP) is 6.63. The van der Waals surface area contributed by atoms with E-state index in [1.54, 1.807) is 4.57 Å². The SMILES string of the molecule is CC(C)(C)[Si](C)(C)OC[C@H]1O[C@@H](n2c(C=O)nc3c(=O)[nH]cnc32)[C@H](O[Si](C)(C)C(C)(C)C)[C@@H]1O[Si](C)(C)C(C)(C)C. The molecule has 0 spiro atoms.